The van der Waals surface area contributed by atoms with Crippen LogP contribution in [-0.4, -0.2) is 23.8 Å². The first-order valence-electron chi connectivity index (χ1n) is 6.59. The Balaban J connectivity index is 1.64. The fraction of sp³-hybridized carbons (Fsp3) is 0.357. The van der Waals surface area contributed by atoms with Crippen LogP contribution in [-0.2, 0) is 20.8 Å². The van der Waals surface area contributed by atoms with Crippen LogP contribution in [0.1, 0.15) is 24.8 Å². The van der Waals surface area contributed by atoms with Gasteiger partial charge in [-0.25, -0.2) is 0 Å². The Morgan fingerprint density at radius 3 is 2.35 bits per heavy atom. The summed E-state index contributed by atoms with van der Waals surface area (Å²) >= 11 is 0. The Kier molecular flexibility index (Phi) is 4.70. The van der Waals surface area contributed by atoms with Gasteiger partial charge in [0, 0.05) is 12.5 Å². The van der Waals surface area contributed by atoms with Crippen molar-refractivity contribution < 1.29 is 14.4 Å². The van der Waals surface area contributed by atoms with E-state index in [1.807, 2.05) is 30.3 Å². The number of aryl methyl sites for hydroxylation is 1. The molecule has 0 radical (unpaired) electrons. The molecule has 0 atom stereocenters. The Bertz CT molecular complexity index is 498. The number of amides is 3. The molecule has 6 nitrogen and oxygen atoms in total. The summed E-state index contributed by atoms with van der Waals surface area (Å²) < 4.78 is 0. The number of benzene rings is 1. The van der Waals surface area contributed by atoms with Crippen molar-refractivity contribution in [3.05, 3.63) is 35.9 Å². The second-order valence-electron chi connectivity index (χ2n) is 4.74. The summed E-state index contributed by atoms with van der Waals surface area (Å²) in [5, 5.41) is 2.53. The van der Waals surface area contributed by atoms with Gasteiger partial charge in [-0.1, -0.05) is 30.3 Å². The van der Waals surface area contributed by atoms with Gasteiger partial charge in [-0.2, -0.15) is 0 Å². The average Bonchev–Trinajstić information content (AvgIpc) is 3.27. The number of carbonyl (C=O) groups is 3. The zero-order valence-corrected chi connectivity index (χ0v) is 11.0. The van der Waals surface area contributed by atoms with Gasteiger partial charge in [-0.3, -0.25) is 25.2 Å². The first-order chi connectivity index (χ1) is 9.65. The topological polar surface area (TPSA) is 87.3 Å². The normalized spacial score (nSPS) is 13.4. The molecular formula is C14H17N3O3. The second-order valence-corrected chi connectivity index (χ2v) is 4.74. The summed E-state index contributed by atoms with van der Waals surface area (Å²) in [6.07, 6.45) is 2.64. The molecule has 0 spiro atoms. The van der Waals surface area contributed by atoms with E-state index >= 15 is 0 Å². The van der Waals surface area contributed by atoms with Gasteiger partial charge in [0.1, 0.15) is 0 Å². The van der Waals surface area contributed by atoms with E-state index in [9.17, 15) is 14.4 Å². The predicted octanol–water partition coefficient (Wildman–Crippen LogP) is 0.0452. The molecule has 2 rings (SSSR count). The monoisotopic (exact) mass is 275 g/mol. The summed E-state index contributed by atoms with van der Waals surface area (Å²) in [5.74, 6) is -1.89. The molecule has 3 amide bonds. The Morgan fingerprint density at radius 1 is 1.00 bits per heavy atom. The van der Waals surface area contributed by atoms with Crippen molar-refractivity contribution in [1.82, 2.24) is 16.2 Å². The molecule has 106 valence electrons. The molecule has 1 fully saturated rings. The lowest BCUT2D eigenvalue weighted by molar-refractivity contribution is -0.141. The number of hydrogen-bond acceptors (Lipinski definition) is 3. The molecule has 1 aliphatic carbocycles. The molecule has 1 aromatic rings. The van der Waals surface area contributed by atoms with Crippen molar-refractivity contribution in [3.63, 3.8) is 0 Å². The summed E-state index contributed by atoms with van der Waals surface area (Å²) in [5.41, 5.74) is 5.37. The highest BCUT2D eigenvalue weighted by molar-refractivity contribution is 6.35. The highest BCUT2D eigenvalue weighted by Gasteiger charge is 2.26. The molecule has 1 saturated carbocycles. The third-order valence-electron chi connectivity index (χ3n) is 2.92. The summed E-state index contributed by atoms with van der Waals surface area (Å²) in [7, 11) is 0. The van der Waals surface area contributed by atoms with E-state index in [1.165, 1.54) is 0 Å². The lowest BCUT2D eigenvalue weighted by Gasteiger charge is -2.07. The van der Waals surface area contributed by atoms with Gasteiger partial charge >= 0.3 is 11.8 Å². The maximum atomic E-state index is 11.5. The molecule has 0 unspecified atom stereocenters. The molecular weight excluding hydrogens is 258 g/mol. The standard InChI is InChI=1S/C14H17N3O3/c18-12(9-6-10-4-2-1-3-5-10)16-17-14(20)13(19)15-11-7-8-11/h1-5,11H,6-9H2,(H,15,19)(H,16,18)(H,17,20). The molecule has 0 bridgehead atoms. The summed E-state index contributed by atoms with van der Waals surface area (Å²) in [4.78, 5) is 34.2. The minimum atomic E-state index is -0.843. The molecule has 0 aromatic heterocycles. The van der Waals surface area contributed by atoms with Gasteiger partial charge in [0.2, 0.25) is 5.91 Å². The van der Waals surface area contributed by atoms with Crippen LogP contribution < -0.4 is 16.2 Å². The van der Waals surface area contributed by atoms with Crippen molar-refractivity contribution in [2.24, 2.45) is 0 Å². The summed E-state index contributed by atoms with van der Waals surface area (Å²) in [6.45, 7) is 0. The van der Waals surface area contributed by atoms with Crippen molar-refractivity contribution >= 4 is 17.7 Å². The van der Waals surface area contributed by atoms with Crippen LogP contribution in [0.25, 0.3) is 0 Å². The third kappa shape index (κ3) is 4.72. The molecule has 20 heavy (non-hydrogen) atoms. The maximum absolute atomic E-state index is 11.5. The van der Waals surface area contributed by atoms with Crippen LogP contribution in [0.4, 0.5) is 0 Å². The van der Waals surface area contributed by atoms with Crippen LogP contribution in [0.2, 0.25) is 0 Å². The van der Waals surface area contributed by atoms with E-state index in [4.69, 9.17) is 0 Å². The van der Waals surface area contributed by atoms with Crippen LogP contribution in [0.3, 0.4) is 0 Å². The van der Waals surface area contributed by atoms with E-state index in [0.29, 0.717) is 6.42 Å². The lowest BCUT2D eigenvalue weighted by Crippen LogP contribution is -2.49. The Labute approximate surface area is 116 Å². The lowest BCUT2D eigenvalue weighted by atomic mass is 10.1. The van der Waals surface area contributed by atoms with Crippen LogP contribution in [0.15, 0.2) is 30.3 Å². The number of rotatable bonds is 4. The largest absolute Gasteiger partial charge is 0.345 e. The summed E-state index contributed by atoms with van der Waals surface area (Å²) in [6, 6.07) is 9.67. The zero-order valence-electron chi connectivity index (χ0n) is 11.0. The van der Waals surface area contributed by atoms with E-state index in [2.05, 4.69) is 16.2 Å². The number of hydrazine groups is 1. The molecule has 1 aromatic carbocycles. The zero-order chi connectivity index (χ0) is 14.4. The first kappa shape index (κ1) is 14.0. The molecule has 6 heteroatoms. The average molecular weight is 275 g/mol. The molecule has 1 aliphatic rings. The van der Waals surface area contributed by atoms with E-state index in [-0.39, 0.29) is 18.4 Å². The van der Waals surface area contributed by atoms with Gasteiger partial charge in [0.05, 0.1) is 0 Å². The van der Waals surface area contributed by atoms with Crippen molar-refractivity contribution in [2.45, 2.75) is 31.7 Å². The number of nitrogens with one attached hydrogen (secondary N) is 3. The van der Waals surface area contributed by atoms with Crippen molar-refractivity contribution in [1.29, 1.82) is 0 Å². The van der Waals surface area contributed by atoms with Gasteiger partial charge < -0.3 is 5.32 Å². The van der Waals surface area contributed by atoms with Crippen molar-refractivity contribution in [2.75, 3.05) is 0 Å². The van der Waals surface area contributed by atoms with E-state index < -0.39 is 11.8 Å². The van der Waals surface area contributed by atoms with Crippen LogP contribution in [0, 0.1) is 0 Å². The van der Waals surface area contributed by atoms with Gasteiger partial charge in [0.15, 0.2) is 0 Å². The molecule has 3 N–H and O–H groups in total. The number of carbonyl (C=O) groups excluding carboxylic acids is 3. The van der Waals surface area contributed by atoms with Gasteiger partial charge in [0.25, 0.3) is 0 Å². The third-order valence-corrected chi connectivity index (χ3v) is 2.92. The van der Waals surface area contributed by atoms with Crippen LogP contribution >= 0.6 is 0 Å². The number of hydrogen-bond donors (Lipinski definition) is 3. The fourth-order valence-electron chi connectivity index (χ4n) is 1.63. The molecule has 0 aliphatic heterocycles. The second kappa shape index (κ2) is 6.70. The Morgan fingerprint density at radius 2 is 1.70 bits per heavy atom. The maximum Gasteiger partial charge on any atom is 0.327 e. The van der Waals surface area contributed by atoms with Crippen molar-refractivity contribution in [3.8, 4) is 0 Å². The van der Waals surface area contributed by atoms with E-state index in [1.54, 1.807) is 0 Å². The van der Waals surface area contributed by atoms with Gasteiger partial charge in [-0.05, 0) is 24.8 Å². The highest BCUT2D eigenvalue weighted by atomic mass is 16.2. The van der Waals surface area contributed by atoms with E-state index in [0.717, 1.165) is 18.4 Å². The fourth-order valence-corrected chi connectivity index (χ4v) is 1.63. The van der Waals surface area contributed by atoms with Gasteiger partial charge in [-0.15, -0.1) is 0 Å². The van der Waals surface area contributed by atoms with Crippen LogP contribution in [0.5, 0.6) is 0 Å². The molecule has 0 heterocycles. The SMILES string of the molecule is O=C(CCc1ccccc1)NNC(=O)C(=O)NC1CC1. The smallest absolute Gasteiger partial charge is 0.327 e. The predicted molar refractivity (Wildman–Crippen MR) is 72.2 cm³/mol. The highest BCUT2D eigenvalue weighted by Crippen LogP contribution is 2.18. The minimum absolute atomic E-state index is 0.113. The first-order valence-corrected chi connectivity index (χ1v) is 6.59. The minimum Gasteiger partial charge on any atom is -0.345 e. The Hall–Kier alpha value is -2.37. The molecule has 0 saturated heterocycles. The quantitative estimate of drug-likeness (QED) is 0.536.